The standard InChI is InChI=1S/C15H18N6O2/c1-10-12-13(16-9-17-14(12)23-19-10)21-7-4-15(22,5-8-21)11-3-6-18-20(11)2/h3,6,9,22H,4-5,7-8H2,1-2H3. The predicted octanol–water partition coefficient (Wildman–Crippen LogP) is 1.15. The maximum absolute atomic E-state index is 11.0. The molecule has 1 N–H and O–H groups in total. The van der Waals surface area contributed by atoms with E-state index in [4.69, 9.17) is 4.52 Å². The summed E-state index contributed by atoms with van der Waals surface area (Å²) >= 11 is 0. The number of aromatic nitrogens is 5. The van der Waals surface area contributed by atoms with Crippen molar-refractivity contribution in [3.63, 3.8) is 0 Å². The van der Waals surface area contributed by atoms with Gasteiger partial charge in [-0.05, 0) is 25.8 Å². The van der Waals surface area contributed by atoms with Crippen LogP contribution in [-0.4, -0.2) is 43.1 Å². The van der Waals surface area contributed by atoms with Crippen LogP contribution >= 0.6 is 0 Å². The molecule has 0 spiro atoms. The Labute approximate surface area is 132 Å². The van der Waals surface area contributed by atoms with Crippen molar-refractivity contribution in [1.82, 2.24) is 24.9 Å². The molecule has 0 unspecified atom stereocenters. The second-order valence-electron chi connectivity index (χ2n) is 6.00. The minimum atomic E-state index is -0.850. The van der Waals surface area contributed by atoms with E-state index in [1.54, 1.807) is 10.9 Å². The maximum atomic E-state index is 11.0. The highest BCUT2D eigenvalue weighted by Crippen LogP contribution is 2.35. The van der Waals surface area contributed by atoms with Gasteiger partial charge in [0.05, 0.1) is 11.4 Å². The van der Waals surface area contributed by atoms with E-state index in [9.17, 15) is 5.11 Å². The number of hydrogen-bond donors (Lipinski definition) is 1. The average Bonchev–Trinajstić information content (AvgIpc) is 3.15. The summed E-state index contributed by atoms with van der Waals surface area (Å²) < 4.78 is 6.95. The predicted molar refractivity (Wildman–Crippen MR) is 82.9 cm³/mol. The maximum Gasteiger partial charge on any atom is 0.263 e. The first-order valence-corrected chi connectivity index (χ1v) is 7.61. The third-order valence-electron chi connectivity index (χ3n) is 4.61. The van der Waals surface area contributed by atoms with Crippen molar-refractivity contribution in [2.45, 2.75) is 25.4 Å². The van der Waals surface area contributed by atoms with E-state index < -0.39 is 5.60 Å². The third kappa shape index (κ3) is 2.17. The molecule has 0 atom stereocenters. The summed E-state index contributed by atoms with van der Waals surface area (Å²) in [7, 11) is 1.86. The number of fused-ring (bicyclic) bond motifs is 1. The molecule has 0 aromatic carbocycles. The van der Waals surface area contributed by atoms with Crippen LogP contribution in [0, 0.1) is 6.92 Å². The van der Waals surface area contributed by atoms with Crippen molar-refractivity contribution in [1.29, 1.82) is 0 Å². The summed E-state index contributed by atoms with van der Waals surface area (Å²) in [6.45, 7) is 3.27. The topological polar surface area (TPSA) is 93.1 Å². The molecule has 120 valence electrons. The molecule has 4 heterocycles. The smallest absolute Gasteiger partial charge is 0.263 e. The number of rotatable bonds is 2. The zero-order valence-electron chi connectivity index (χ0n) is 13.1. The van der Waals surface area contributed by atoms with Gasteiger partial charge in [0, 0.05) is 26.3 Å². The Bertz CT molecular complexity index is 847. The normalized spacial score (nSPS) is 17.8. The lowest BCUT2D eigenvalue weighted by Gasteiger charge is -2.38. The van der Waals surface area contributed by atoms with Crippen LogP contribution in [0.1, 0.15) is 24.2 Å². The number of anilines is 1. The molecule has 0 bridgehead atoms. The second-order valence-corrected chi connectivity index (χ2v) is 6.00. The van der Waals surface area contributed by atoms with E-state index in [0.29, 0.717) is 31.6 Å². The van der Waals surface area contributed by atoms with E-state index in [2.05, 4.69) is 25.1 Å². The SMILES string of the molecule is Cc1noc2ncnc(N3CCC(O)(c4ccnn4C)CC3)c12. The Kier molecular flexibility index (Phi) is 3.08. The van der Waals surface area contributed by atoms with Crippen LogP contribution in [0.3, 0.4) is 0 Å². The molecule has 0 amide bonds. The Morgan fingerprint density at radius 3 is 2.74 bits per heavy atom. The molecule has 23 heavy (non-hydrogen) atoms. The summed E-state index contributed by atoms with van der Waals surface area (Å²) in [5, 5.41) is 19.9. The van der Waals surface area contributed by atoms with Gasteiger partial charge in [-0.3, -0.25) is 4.68 Å². The fraction of sp³-hybridized carbons (Fsp3) is 0.467. The fourth-order valence-corrected chi connectivity index (χ4v) is 3.32. The van der Waals surface area contributed by atoms with Gasteiger partial charge in [0.1, 0.15) is 23.1 Å². The number of aryl methyl sites for hydroxylation is 2. The van der Waals surface area contributed by atoms with Gasteiger partial charge in [0.2, 0.25) is 0 Å². The Morgan fingerprint density at radius 1 is 1.26 bits per heavy atom. The van der Waals surface area contributed by atoms with Crippen LogP contribution in [0.2, 0.25) is 0 Å². The summed E-state index contributed by atoms with van der Waals surface area (Å²) in [6, 6.07) is 1.88. The molecule has 8 heteroatoms. The van der Waals surface area contributed by atoms with Crippen molar-refractivity contribution in [3.8, 4) is 0 Å². The number of aliphatic hydroxyl groups is 1. The van der Waals surface area contributed by atoms with Gasteiger partial charge in [0.25, 0.3) is 5.71 Å². The molecule has 0 aliphatic carbocycles. The zero-order valence-corrected chi connectivity index (χ0v) is 13.1. The van der Waals surface area contributed by atoms with Gasteiger partial charge in [-0.25, -0.2) is 4.98 Å². The highest BCUT2D eigenvalue weighted by atomic mass is 16.5. The van der Waals surface area contributed by atoms with Crippen molar-refractivity contribution >= 4 is 16.9 Å². The third-order valence-corrected chi connectivity index (χ3v) is 4.61. The first kappa shape index (κ1) is 14.1. The van der Waals surface area contributed by atoms with E-state index in [1.807, 2.05) is 20.0 Å². The van der Waals surface area contributed by atoms with E-state index >= 15 is 0 Å². The molecular formula is C15H18N6O2. The molecule has 1 aliphatic heterocycles. The first-order valence-electron chi connectivity index (χ1n) is 7.61. The Hall–Kier alpha value is -2.48. The average molecular weight is 314 g/mol. The lowest BCUT2D eigenvalue weighted by atomic mass is 9.88. The lowest BCUT2D eigenvalue weighted by molar-refractivity contribution is 0.00407. The van der Waals surface area contributed by atoms with Crippen molar-refractivity contribution < 1.29 is 9.63 Å². The van der Waals surface area contributed by atoms with E-state index in [-0.39, 0.29) is 0 Å². The molecule has 4 rings (SSSR count). The summed E-state index contributed by atoms with van der Waals surface area (Å²) in [5.74, 6) is 0.820. The van der Waals surface area contributed by atoms with Gasteiger partial charge in [-0.1, -0.05) is 5.16 Å². The molecular weight excluding hydrogens is 296 g/mol. The number of nitrogens with zero attached hydrogens (tertiary/aromatic N) is 6. The molecule has 0 radical (unpaired) electrons. The monoisotopic (exact) mass is 314 g/mol. The summed E-state index contributed by atoms with van der Waals surface area (Å²) in [6.07, 6.45) is 4.43. The zero-order chi connectivity index (χ0) is 16.0. The van der Waals surface area contributed by atoms with Crippen LogP contribution in [0.5, 0.6) is 0 Å². The number of hydrogen-bond acceptors (Lipinski definition) is 7. The van der Waals surface area contributed by atoms with Gasteiger partial charge in [-0.2, -0.15) is 10.1 Å². The highest BCUT2D eigenvalue weighted by molar-refractivity contribution is 5.87. The van der Waals surface area contributed by atoms with Crippen LogP contribution in [0.15, 0.2) is 23.1 Å². The first-order chi connectivity index (χ1) is 11.1. The molecule has 1 saturated heterocycles. The summed E-state index contributed by atoms with van der Waals surface area (Å²) in [5.41, 5.74) is 1.28. The van der Waals surface area contributed by atoms with Crippen LogP contribution in [0.25, 0.3) is 11.1 Å². The fourth-order valence-electron chi connectivity index (χ4n) is 3.32. The molecule has 1 aliphatic rings. The Morgan fingerprint density at radius 2 is 2.04 bits per heavy atom. The highest BCUT2D eigenvalue weighted by Gasteiger charge is 2.37. The summed E-state index contributed by atoms with van der Waals surface area (Å²) in [4.78, 5) is 10.7. The molecule has 3 aromatic rings. The molecule has 8 nitrogen and oxygen atoms in total. The van der Waals surface area contributed by atoms with Crippen LogP contribution in [0.4, 0.5) is 5.82 Å². The quantitative estimate of drug-likeness (QED) is 0.758. The van der Waals surface area contributed by atoms with Gasteiger partial charge in [-0.15, -0.1) is 0 Å². The lowest BCUT2D eigenvalue weighted by Crippen LogP contribution is -2.44. The molecule has 3 aromatic heterocycles. The largest absolute Gasteiger partial charge is 0.383 e. The minimum Gasteiger partial charge on any atom is -0.383 e. The van der Waals surface area contributed by atoms with E-state index in [0.717, 1.165) is 22.6 Å². The van der Waals surface area contributed by atoms with Crippen LogP contribution in [-0.2, 0) is 12.6 Å². The van der Waals surface area contributed by atoms with Gasteiger partial charge >= 0.3 is 0 Å². The molecule has 0 saturated carbocycles. The van der Waals surface area contributed by atoms with Crippen molar-refractivity contribution in [3.05, 3.63) is 30.0 Å². The van der Waals surface area contributed by atoms with E-state index in [1.165, 1.54) is 6.33 Å². The van der Waals surface area contributed by atoms with Crippen LogP contribution < -0.4 is 4.90 Å². The second kappa shape index (κ2) is 5.02. The Balaban J connectivity index is 1.62. The van der Waals surface area contributed by atoms with Gasteiger partial charge < -0.3 is 14.5 Å². The van der Waals surface area contributed by atoms with Crippen molar-refractivity contribution in [2.24, 2.45) is 7.05 Å². The van der Waals surface area contributed by atoms with Gasteiger partial charge in [0.15, 0.2) is 0 Å². The number of piperidine rings is 1. The minimum absolute atomic E-state index is 0.500. The molecule has 1 fully saturated rings. The van der Waals surface area contributed by atoms with Crippen molar-refractivity contribution in [2.75, 3.05) is 18.0 Å².